The second-order valence-electron chi connectivity index (χ2n) is 9.99. The van der Waals surface area contributed by atoms with Gasteiger partial charge >= 0.3 is 5.97 Å². The molecule has 1 N–H and O–H groups in total. The Morgan fingerprint density at radius 3 is 2.48 bits per heavy atom. The van der Waals surface area contributed by atoms with E-state index in [2.05, 4.69) is 5.32 Å². The van der Waals surface area contributed by atoms with Gasteiger partial charge in [-0.15, -0.1) is 0 Å². The first-order valence-electron chi connectivity index (χ1n) is 12.8. The second-order valence-corrected chi connectivity index (χ2v) is 9.99. The molecular weight excluding hydrogens is 514 g/mol. The van der Waals surface area contributed by atoms with Crippen LogP contribution in [-0.4, -0.2) is 41.4 Å². The van der Waals surface area contributed by atoms with E-state index in [1.807, 2.05) is 35.2 Å². The number of amides is 3. The number of nitrogens with one attached hydrogen (secondary N) is 1. The van der Waals surface area contributed by atoms with Crippen LogP contribution < -0.4 is 24.4 Å². The Balaban J connectivity index is 1.26. The topological polar surface area (TPSA) is 114 Å². The molecule has 0 spiro atoms. The number of carbonyl (C=O) groups is 4. The molecule has 0 radical (unpaired) electrons. The molecule has 3 aromatic carbocycles. The third-order valence-corrected chi connectivity index (χ3v) is 7.73. The first kappa shape index (κ1) is 24.0. The molecular formula is C30H23N3O7. The highest BCUT2D eigenvalue weighted by atomic mass is 16.7. The van der Waals surface area contributed by atoms with Gasteiger partial charge in [-0.2, -0.15) is 0 Å². The van der Waals surface area contributed by atoms with E-state index in [1.165, 1.54) is 19.1 Å². The first-order valence-corrected chi connectivity index (χ1v) is 12.8. The molecule has 0 aliphatic carbocycles. The Bertz CT molecular complexity index is 1620. The zero-order valence-electron chi connectivity index (χ0n) is 21.3. The third kappa shape index (κ3) is 3.64. The molecule has 10 nitrogen and oxygen atoms in total. The number of hydrogen-bond donors (Lipinski definition) is 1. The van der Waals surface area contributed by atoms with E-state index in [4.69, 9.17) is 14.2 Å². The number of fused-ring (bicyclic) bond motifs is 6. The van der Waals surface area contributed by atoms with Crippen LogP contribution in [0, 0.1) is 11.8 Å². The summed E-state index contributed by atoms with van der Waals surface area (Å²) in [6.07, 6.45) is 3.70. The number of nitrogens with zero attached hydrogens (tertiary/aromatic N) is 2. The largest absolute Gasteiger partial charge is 0.454 e. The van der Waals surface area contributed by atoms with E-state index < -0.39 is 41.7 Å². The number of hydrogen-bond acceptors (Lipinski definition) is 8. The van der Waals surface area contributed by atoms with Crippen molar-refractivity contribution in [2.24, 2.45) is 11.8 Å². The summed E-state index contributed by atoms with van der Waals surface area (Å²) >= 11 is 0. The van der Waals surface area contributed by atoms with Crippen molar-refractivity contribution in [3.05, 3.63) is 84.1 Å². The lowest BCUT2D eigenvalue weighted by molar-refractivity contribution is -0.132. The van der Waals surface area contributed by atoms with Crippen molar-refractivity contribution in [2.75, 3.05) is 17.0 Å². The fourth-order valence-corrected chi connectivity index (χ4v) is 6.13. The normalized spacial score (nSPS) is 23.5. The van der Waals surface area contributed by atoms with Crippen LogP contribution in [0.25, 0.3) is 6.08 Å². The van der Waals surface area contributed by atoms with Crippen molar-refractivity contribution in [3.63, 3.8) is 0 Å². The standard InChI is InChI=1S/C30H23N3O7/c1-16(34)40-20-9-7-19(8-10-20)33-29(36)24-25(30(33)37)27(32-13-12-17-4-2-3-5-21(17)26(24)32)28(35)31-18-6-11-22-23(14-18)39-15-38-22/h2-14,24-27H,15H2,1H3,(H,31,35)/t24-,25+,26?,27-/m0/s1. The van der Waals surface area contributed by atoms with Crippen molar-refractivity contribution >= 4 is 41.1 Å². The van der Waals surface area contributed by atoms with Crippen LogP contribution in [-0.2, 0) is 19.2 Å². The van der Waals surface area contributed by atoms with Gasteiger partial charge in [-0.3, -0.25) is 19.2 Å². The van der Waals surface area contributed by atoms with Gasteiger partial charge in [0.2, 0.25) is 24.5 Å². The smallest absolute Gasteiger partial charge is 0.308 e. The highest BCUT2D eigenvalue weighted by Crippen LogP contribution is 2.53. The van der Waals surface area contributed by atoms with Crippen molar-refractivity contribution in [2.45, 2.75) is 19.0 Å². The minimum Gasteiger partial charge on any atom is -0.454 e. The number of ether oxygens (including phenoxy) is 3. The summed E-state index contributed by atoms with van der Waals surface area (Å²) in [4.78, 5) is 56.1. The fourth-order valence-electron chi connectivity index (χ4n) is 6.13. The number of benzene rings is 3. The minimum absolute atomic E-state index is 0.104. The molecule has 0 aromatic heterocycles. The Hall–Kier alpha value is -5.12. The summed E-state index contributed by atoms with van der Waals surface area (Å²) in [5.74, 6) is -2.02. The third-order valence-electron chi connectivity index (χ3n) is 7.73. The Morgan fingerprint density at radius 2 is 1.68 bits per heavy atom. The summed E-state index contributed by atoms with van der Waals surface area (Å²) in [5, 5.41) is 2.92. The monoisotopic (exact) mass is 537 g/mol. The number of imide groups is 1. The van der Waals surface area contributed by atoms with Gasteiger partial charge in [-0.05, 0) is 53.6 Å². The first-order chi connectivity index (χ1) is 19.4. The average molecular weight is 538 g/mol. The van der Waals surface area contributed by atoms with E-state index >= 15 is 0 Å². The Morgan fingerprint density at radius 1 is 0.925 bits per heavy atom. The second kappa shape index (κ2) is 8.98. The molecule has 2 fully saturated rings. The van der Waals surface area contributed by atoms with Crippen LogP contribution in [0.2, 0.25) is 0 Å². The molecule has 4 aliphatic rings. The molecule has 200 valence electrons. The van der Waals surface area contributed by atoms with Gasteiger partial charge < -0.3 is 24.4 Å². The highest BCUT2D eigenvalue weighted by Gasteiger charge is 2.64. The molecule has 3 aromatic rings. The summed E-state index contributed by atoms with van der Waals surface area (Å²) in [6.45, 7) is 1.40. The molecule has 40 heavy (non-hydrogen) atoms. The SMILES string of the molecule is CC(=O)Oc1ccc(N2C(=O)[C@@H]3[C@H](C2=O)C2c4ccccc4C=CN2[C@@H]3C(=O)Nc2ccc3c(c2)OCO3)cc1. The fraction of sp³-hybridized carbons (Fsp3) is 0.200. The van der Waals surface area contributed by atoms with Crippen molar-refractivity contribution in [3.8, 4) is 17.2 Å². The lowest BCUT2D eigenvalue weighted by atomic mass is 9.84. The quantitative estimate of drug-likeness (QED) is 0.306. The Kier molecular flexibility index (Phi) is 5.38. The summed E-state index contributed by atoms with van der Waals surface area (Å²) in [5.41, 5.74) is 2.65. The maximum atomic E-state index is 14.0. The maximum Gasteiger partial charge on any atom is 0.308 e. The van der Waals surface area contributed by atoms with Gasteiger partial charge in [-0.1, -0.05) is 24.3 Å². The van der Waals surface area contributed by atoms with Gasteiger partial charge in [0.15, 0.2) is 11.5 Å². The molecule has 1 unspecified atom stereocenters. The Labute approximate surface area is 228 Å². The van der Waals surface area contributed by atoms with Gasteiger partial charge in [0.25, 0.3) is 0 Å². The molecule has 10 heteroatoms. The van der Waals surface area contributed by atoms with E-state index in [9.17, 15) is 19.2 Å². The predicted molar refractivity (Wildman–Crippen MR) is 142 cm³/mol. The number of carbonyl (C=O) groups excluding carboxylic acids is 4. The molecule has 2 saturated heterocycles. The lowest BCUT2D eigenvalue weighted by Gasteiger charge is -2.35. The molecule has 4 heterocycles. The average Bonchev–Trinajstić information content (AvgIpc) is 3.62. The molecule has 4 atom stereocenters. The van der Waals surface area contributed by atoms with E-state index in [0.717, 1.165) is 16.0 Å². The molecule has 3 amide bonds. The van der Waals surface area contributed by atoms with Gasteiger partial charge in [0.1, 0.15) is 11.8 Å². The van der Waals surface area contributed by atoms with Crippen LogP contribution in [0.4, 0.5) is 11.4 Å². The summed E-state index contributed by atoms with van der Waals surface area (Å²) in [7, 11) is 0. The van der Waals surface area contributed by atoms with Crippen LogP contribution in [0.15, 0.2) is 72.9 Å². The molecule has 7 rings (SSSR count). The van der Waals surface area contributed by atoms with Gasteiger partial charge in [0.05, 0.1) is 23.6 Å². The number of rotatable bonds is 4. The van der Waals surface area contributed by atoms with E-state index in [-0.39, 0.29) is 12.7 Å². The number of esters is 1. The molecule has 4 aliphatic heterocycles. The maximum absolute atomic E-state index is 14.0. The van der Waals surface area contributed by atoms with E-state index in [0.29, 0.717) is 28.6 Å². The molecule has 0 saturated carbocycles. The van der Waals surface area contributed by atoms with Crippen LogP contribution >= 0.6 is 0 Å². The van der Waals surface area contributed by atoms with Crippen molar-refractivity contribution in [1.82, 2.24) is 4.90 Å². The zero-order valence-corrected chi connectivity index (χ0v) is 21.3. The summed E-state index contributed by atoms with van der Waals surface area (Å²) in [6, 6.07) is 17.5. The van der Waals surface area contributed by atoms with Gasteiger partial charge in [-0.25, -0.2) is 4.90 Å². The van der Waals surface area contributed by atoms with Crippen molar-refractivity contribution < 1.29 is 33.4 Å². The van der Waals surface area contributed by atoms with Crippen LogP contribution in [0.5, 0.6) is 17.2 Å². The highest BCUT2D eigenvalue weighted by molar-refractivity contribution is 6.24. The minimum atomic E-state index is -0.938. The molecule has 0 bridgehead atoms. The van der Waals surface area contributed by atoms with E-state index in [1.54, 1.807) is 36.5 Å². The van der Waals surface area contributed by atoms with Crippen molar-refractivity contribution in [1.29, 1.82) is 0 Å². The van der Waals surface area contributed by atoms with Gasteiger partial charge in [0, 0.05) is 24.9 Å². The zero-order chi connectivity index (χ0) is 27.5. The van der Waals surface area contributed by atoms with Crippen LogP contribution in [0.3, 0.4) is 0 Å². The predicted octanol–water partition coefficient (Wildman–Crippen LogP) is 3.49. The number of anilines is 2. The lowest BCUT2D eigenvalue weighted by Crippen LogP contribution is -2.46. The summed E-state index contributed by atoms with van der Waals surface area (Å²) < 4.78 is 15.9. The van der Waals surface area contributed by atoms with Crippen LogP contribution in [0.1, 0.15) is 24.1 Å².